The van der Waals surface area contributed by atoms with Crippen molar-refractivity contribution in [2.75, 3.05) is 6.61 Å². The fourth-order valence-corrected chi connectivity index (χ4v) is 3.58. The van der Waals surface area contributed by atoms with E-state index in [9.17, 15) is 0 Å². The number of aliphatic hydroxyl groups excluding tert-OH is 1. The third kappa shape index (κ3) is 4.39. The number of rotatable bonds is 5. The minimum absolute atomic E-state index is 0.0866. The van der Waals surface area contributed by atoms with Gasteiger partial charge in [0.1, 0.15) is 0 Å². The molecule has 0 radical (unpaired) electrons. The molecule has 0 amide bonds. The van der Waals surface area contributed by atoms with Gasteiger partial charge in [-0.2, -0.15) is 0 Å². The Kier molecular flexibility index (Phi) is 5.94. The zero-order chi connectivity index (χ0) is 13.9. The van der Waals surface area contributed by atoms with E-state index in [2.05, 4.69) is 33.0 Å². The SMILES string of the molecule is CC(NC(CCO)C(C)(C)C)c1cc(Cl)sc1Cl. The molecule has 0 aliphatic rings. The molecule has 2 nitrogen and oxygen atoms in total. The van der Waals surface area contributed by atoms with Crippen molar-refractivity contribution in [3.05, 3.63) is 20.3 Å². The van der Waals surface area contributed by atoms with E-state index in [1.165, 1.54) is 11.3 Å². The lowest BCUT2D eigenvalue weighted by Crippen LogP contribution is -2.42. The van der Waals surface area contributed by atoms with Crippen molar-refractivity contribution in [2.24, 2.45) is 5.41 Å². The van der Waals surface area contributed by atoms with Gasteiger partial charge in [-0.3, -0.25) is 0 Å². The summed E-state index contributed by atoms with van der Waals surface area (Å²) in [6.45, 7) is 8.74. The number of thiophene rings is 1. The van der Waals surface area contributed by atoms with Crippen molar-refractivity contribution in [1.82, 2.24) is 5.32 Å². The van der Waals surface area contributed by atoms with Crippen LogP contribution in [0.15, 0.2) is 6.07 Å². The van der Waals surface area contributed by atoms with Gasteiger partial charge in [0.05, 0.1) is 8.67 Å². The van der Waals surface area contributed by atoms with Gasteiger partial charge >= 0.3 is 0 Å². The van der Waals surface area contributed by atoms with Gasteiger partial charge in [0.2, 0.25) is 0 Å². The molecule has 0 bridgehead atoms. The molecule has 0 saturated carbocycles. The Labute approximate surface area is 123 Å². The summed E-state index contributed by atoms with van der Waals surface area (Å²) in [5, 5.41) is 12.7. The molecule has 18 heavy (non-hydrogen) atoms. The summed E-state index contributed by atoms with van der Waals surface area (Å²) in [6.07, 6.45) is 0.726. The monoisotopic (exact) mass is 309 g/mol. The van der Waals surface area contributed by atoms with Crippen LogP contribution >= 0.6 is 34.5 Å². The maximum absolute atomic E-state index is 9.16. The topological polar surface area (TPSA) is 32.3 Å². The first kappa shape index (κ1) is 16.3. The van der Waals surface area contributed by atoms with Crippen LogP contribution in [0.1, 0.15) is 45.7 Å². The molecule has 0 aliphatic carbocycles. The zero-order valence-electron chi connectivity index (χ0n) is 11.3. The first-order valence-corrected chi connectivity index (χ1v) is 7.64. The van der Waals surface area contributed by atoms with Gasteiger partial charge in [0, 0.05) is 18.7 Å². The van der Waals surface area contributed by atoms with Crippen LogP contribution in [0.2, 0.25) is 8.67 Å². The van der Waals surface area contributed by atoms with Gasteiger partial charge in [-0.15, -0.1) is 11.3 Å². The molecule has 0 aromatic carbocycles. The van der Waals surface area contributed by atoms with Gasteiger partial charge in [-0.25, -0.2) is 0 Å². The summed E-state index contributed by atoms with van der Waals surface area (Å²) in [4.78, 5) is 0. The third-order valence-electron chi connectivity index (χ3n) is 3.06. The standard InChI is InChI=1S/C13H21Cl2NOS/c1-8(9-7-11(14)18-12(9)15)16-10(5-6-17)13(2,3)4/h7-8,10,16-17H,5-6H2,1-4H3. The van der Waals surface area contributed by atoms with Crippen molar-refractivity contribution >= 4 is 34.5 Å². The molecule has 2 N–H and O–H groups in total. The number of aliphatic hydroxyl groups is 1. The van der Waals surface area contributed by atoms with E-state index in [0.717, 1.165) is 16.3 Å². The van der Waals surface area contributed by atoms with Gasteiger partial charge in [0.25, 0.3) is 0 Å². The number of hydrogen-bond acceptors (Lipinski definition) is 3. The Balaban J connectivity index is 2.78. The van der Waals surface area contributed by atoms with E-state index in [-0.39, 0.29) is 24.1 Å². The summed E-state index contributed by atoms with van der Waals surface area (Å²) in [6, 6.07) is 2.26. The zero-order valence-corrected chi connectivity index (χ0v) is 13.6. The Morgan fingerprint density at radius 1 is 1.39 bits per heavy atom. The molecule has 0 spiro atoms. The van der Waals surface area contributed by atoms with Gasteiger partial charge in [-0.1, -0.05) is 44.0 Å². The van der Waals surface area contributed by atoms with Crippen LogP contribution in [0, 0.1) is 5.41 Å². The minimum atomic E-state index is 0.0866. The van der Waals surface area contributed by atoms with Crippen molar-refractivity contribution in [3.63, 3.8) is 0 Å². The predicted octanol–water partition coefficient (Wildman–Crippen LogP) is 4.50. The average molecular weight is 310 g/mol. The maximum Gasteiger partial charge on any atom is 0.0991 e. The van der Waals surface area contributed by atoms with Crippen LogP contribution < -0.4 is 5.32 Å². The van der Waals surface area contributed by atoms with Gasteiger partial charge < -0.3 is 10.4 Å². The van der Waals surface area contributed by atoms with Crippen LogP contribution in [0.3, 0.4) is 0 Å². The highest BCUT2D eigenvalue weighted by Gasteiger charge is 2.26. The average Bonchev–Trinajstić information content (AvgIpc) is 2.55. The molecular formula is C13H21Cl2NOS. The summed E-state index contributed by atoms with van der Waals surface area (Å²) in [5.74, 6) is 0. The molecule has 0 aliphatic heterocycles. The van der Waals surface area contributed by atoms with Crippen LogP contribution in [0.25, 0.3) is 0 Å². The predicted molar refractivity (Wildman–Crippen MR) is 80.8 cm³/mol. The number of nitrogens with one attached hydrogen (secondary N) is 1. The Bertz CT molecular complexity index is 387. The van der Waals surface area contributed by atoms with E-state index in [4.69, 9.17) is 28.3 Å². The molecule has 5 heteroatoms. The van der Waals surface area contributed by atoms with Crippen molar-refractivity contribution in [1.29, 1.82) is 0 Å². The number of hydrogen-bond donors (Lipinski definition) is 2. The maximum atomic E-state index is 9.16. The lowest BCUT2D eigenvalue weighted by atomic mass is 9.84. The largest absolute Gasteiger partial charge is 0.396 e. The van der Waals surface area contributed by atoms with Crippen molar-refractivity contribution in [2.45, 2.75) is 46.2 Å². The van der Waals surface area contributed by atoms with E-state index in [1.807, 2.05) is 6.07 Å². The quantitative estimate of drug-likeness (QED) is 0.839. The van der Waals surface area contributed by atoms with Crippen LogP contribution in [-0.4, -0.2) is 17.8 Å². The third-order valence-corrected chi connectivity index (χ3v) is 4.58. The van der Waals surface area contributed by atoms with E-state index < -0.39 is 0 Å². The summed E-state index contributed by atoms with van der Waals surface area (Å²) in [5.41, 5.74) is 1.11. The molecule has 0 saturated heterocycles. The summed E-state index contributed by atoms with van der Waals surface area (Å²) >= 11 is 13.5. The van der Waals surface area contributed by atoms with Gasteiger partial charge in [0.15, 0.2) is 0 Å². The lowest BCUT2D eigenvalue weighted by Gasteiger charge is -2.33. The minimum Gasteiger partial charge on any atom is -0.396 e. The van der Waals surface area contributed by atoms with E-state index >= 15 is 0 Å². The normalized spacial score (nSPS) is 15.7. The fourth-order valence-electron chi connectivity index (χ4n) is 1.94. The molecule has 2 atom stereocenters. The summed E-state index contributed by atoms with van der Waals surface area (Å²) < 4.78 is 1.44. The Morgan fingerprint density at radius 2 is 2.00 bits per heavy atom. The fraction of sp³-hybridized carbons (Fsp3) is 0.692. The molecular weight excluding hydrogens is 289 g/mol. The Hall–Kier alpha value is 0.200. The Morgan fingerprint density at radius 3 is 2.39 bits per heavy atom. The second kappa shape index (κ2) is 6.58. The molecule has 1 aromatic rings. The van der Waals surface area contributed by atoms with Gasteiger partial charge in [-0.05, 0) is 30.4 Å². The summed E-state index contributed by atoms with van der Waals surface area (Å²) in [7, 11) is 0. The molecule has 0 fully saturated rings. The molecule has 2 unspecified atom stereocenters. The highest BCUT2D eigenvalue weighted by Crippen LogP contribution is 2.36. The number of halogens is 2. The van der Waals surface area contributed by atoms with Crippen molar-refractivity contribution < 1.29 is 5.11 Å². The second-order valence-corrected chi connectivity index (χ2v) is 7.88. The van der Waals surface area contributed by atoms with Crippen LogP contribution in [0.4, 0.5) is 0 Å². The lowest BCUT2D eigenvalue weighted by molar-refractivity contribution is 0.188. The van der Waals surface area contributed by atoms with Crippen LogP contribution in [0.5, 0.6) is 0 Å². The van der Waals surface area contributed by atoms with E-state index in [0.29, 0.717) is 4.34 Å². The molecule has 1 rings (SSSR count). The van der Waals surface area contributed by atoms with E-state index in [1.54, 1.807) is 0 Å². The molecule has 1 heterocycles. The van der Waals surface area contributed by atoms with Crippen molar-refractivity contribution in [3.8, 4) is 0 Å². The molecule has 104 valence electrons. The first-order chi connectivity index (χ1) is 8.25. The van der Waals surface area contributed by atoms with Crippen LogP contribution in [-0.2, 0) is 0 Å². The first-order valence-electron chi connectivity index (χ1n) is 6.07. The second-order valence-electron chi connectivity index (χ2n) is 5.60. The molecule has 1 aromatic heterocycles. The highest BCUT2D eigenvalue weighted by molar-refractivity contribution is 7.20. The highest BCUT2D eigenvalue weighted by atomic mass is 35.5. The smallest absolute Gasteiger partial charge is 0.0991 e.